The molecule has 0 fully saturated rings. The predicted molar refractivity (Wildman–Crippen MR) is 64.1 cm³/mol. The lowest BCUT2D eigenvalue weighted by molar-refractivity contribution is 0.581. The van der Waals surface area contributed by atoms with E-state index in [1.807, 2.05) is 30.3 Å². The standard InChI is InChI=1S/C12H8ClN3O/c13-9-3-4-11(16-8-14-7-15-16)10(6-9)12-2-1-5-17-12/h1-8H. The van der Waals surface area contributed by atoms with Gasteiger partial charge in [0.05, 0.1) is 12.0 Å². The van der Waals surface area contributed by atoms with Gasteiger partial charge in [0.15, 0.2) is 0 Å². The molecule has 0 aliphatic rings. The third-order valence-corrected chi connectivity index (χ3v) is 2.65. The highest BCUT2D eigenvalue weighted by Crippen LogP contribution is 2.29. The molecule has 1 aromatic carbocycles. The van der Waals surface area contributed by atoms with Crippen molar-refractivity contribution in [2.75, 3.05) is 0 Å². The van der Waals surface area contributed by atoms with E-state index in [9.17, 15) is 0 Å². The topological polar surface area (TPSA) is 43.9 Å². The van der Waals surface area contributed by atoms with Crippen LogP contribution < -0.4 is 0 Å². The molecule has 0 N–H and O–H groups in total. The third kappa shape index (κ3) is 1.83. The Morgan fingerprint density at radius 3 is 2.88 bits per heavy atom. The summed E-state index contributed by atoms with van der Waals surface area (Å²) in [6.07, 6.45) is 4.75. The number of hydrogen-bond acceptors (Lipinski definition) is 3. The average molecular weight is 246 g/mol. The van der Waals surface area contributed by atoms with Crippen LogP contribution in [0.15, 0.2) is 53.7 Å². The van der Waals surface area contributed by atoms with E-state index in [0.29, 0.717) is 5.02 Å². The van der Waals surface area contributed by atoms with Gasteiger partial charge in [-0.2, -0.15) is 5.10 Å². The molecule has 0 radical (unpaired) electrons. The highest BCUT2D eigenvalue weighted by atomic mass is 35.5. The van der Waals surface area contributed by atoms with E-state index in [4.69, 9.17) is 16.0 Å². The van der Waals surface area contributed by atoms with Crippen molar-refractivity contribution in [3.05, 3.63) is 54.3 Å². The molecule has 2 heterocycles. The molecule has 3 rings (SSSR count). The van der Waals surface area contributed by atoms with Crippen LogP contribution in [0, 0.1) is 0 Å². The monoisotopic (exact) mass is 245 g/mol. The molecule has 0 amide bonds. The summed E-state index contributed by atoms with van der Waals surface area (Å²) in [6, 6.07) is 9.25. The maximum atomic E-state index is 6.01. The van der Waals surface area contributed by atoms with Crippen molar-refractivity contribution in [1.82, 2.24) is 14.8 Å². The molecule has 0 saturated carbocycles. The van der Waals surface area contributed by atoms with Gasteiger partial charge < -0.3 is 4.42 Å². The van der Waals surface area contributed by atoms with Gasteiger partial charge in [0.25, 0.3) is 0 Å². The van der Waals surface area contributed by atoms with Crippen LogP contribution in [0.1, 0.15) is 0 Å². The van der Waals surface area contributed by atoms with Crippen molar-refractivity contribution in [3.8, 4) is 17.0 Å². The minimum absolute atomic E-state index is 0.653. The van der Waals surface area contributed by atoms with Crippen molar-refractivity contribution in [3.63, 3.8) is 0 Å². The fraction of sp³-hybridized carbons (Fsp3) is 0. The molecule has 84 valence electrons. The molecule has 4 nitrogen and oxygen atoms in total. The van der Waals surface area contributed by atoms with E-state index in [0.717, 1.165) is 17.0 Å². The lowest BCUT2D eigenvalue weighted by Crippen LogP contribution is -1.96. The highest BCUT2D eigenvalue weighted by Gasteiger charge is 2.10. The number of nitrogens with zero attached hydrogens (tertiary/aromatic N) is 3. The van der Waals surface area contributed by atoms with Crippen molar-refractivity contribution >= 4 is 11.6 Å². The lowest BCUT2D eigenvalue weighted by Gasteiger charge is -2.07. The van der Waals surface area contributed by atoms with Gasteiger partial charge in [0.1, 0.15) is 18.4 Å². The summed E-state index contributed by atoms with van der Waals surface area (Å²) in [5.74, 6) is 0.748. The number of halogens is 1. The van der Waals surface area contributed by atoms with Gasteiger partial charge in [-0.15, -0.1) is 0 Å². The summed E-state index contributed by atoms with van der Waals surface area (Å²) < 4.78 is 7.07. The second kappa shape index (κ2) is 4.07. The third-order valence-electron chi connectivity index (χ3n) is 2.41. The zero-order chi connectivity index (χ0) is 11.7. The Hall–Kier alpha value is -2.07. The van der Waals surface area contributed by atoms with Crippen LogP contribution in [-0.2, 0) is 0 Å². The van der Waals surface area contributed by atoms with Crippen LogP contribution in [0.3, 0.4) is 0 Å². The summed E-state index contributed by atoms with van der Waals surface area (Å²) in [4.78, 5) is 3.93. The van der Waals surface area contributed by atoms with Gasteiger partial charge in [0.2, 0.25) is 0 Å². The molecule has 0 aliphatic carbocycles. The van der Waals surface area contributed by atoms with E-state index in [-0.39, 0.29) is 0 Å². The zero-order valence-corrected chi connectivity index (χ0v) is 9.50. The minimum atomic E-state index is 0.653. The van der Waals surface area contributed by atoms with E-state index in [2.05, 4.69) is 10.1 Å². The maximum absolute atomic E-state index is 6.01. The Labute approximate surface area is 102 Å². The molecule has 0 unspecified atom stereocenters. The molecule has 3 aromatic rings. The quantitative estimate of drug-likeness (QED) is 0.696. The molecule has 0 atom stereocenters. The smallest absolute Gasteiger partial charge is 0.138 e. The van der Waals surface area contributed by atoms with E-state index < -0.39 is 0 Å². The van der Waals surface area contributed by atoms with E-state index in [1.54, 1.807) is 17.3 Å². The van der Waals surface area contributed by atoms with Gasteiger partial charge in [-0.1, -0.05) is 11.6 Å². The molecular formula is C12H8ClN3O. The zero-order valence-electron chi connectivity index (χ0n) is 8.75. The molecule has 2 aromatic heterocycles. The minimum Gasteiger partial charge on any atom is -0.464 e. The van der Waals surface area contributed by atoms with Crippen LogP contribution in [-0.4, -0.2) is 14.8 Å². The Morgan fingerprint density at radius 1 is 1.24 bits per heavy atom. The largest absolute Gasteiger partial charge is 0.464 e. The van der Waals surface area contributed by atoms with Crippen LogP contribution in [0.5, 0.6) is 0 Å². The number of rotatable bonds is 2. The Morgan fingerprint density at radius 2 is 2.18 bits per heavy atom. The first-order chi connectivity index (χ1) is 8.34. The van der Waals surface area contributed by atoms with E-state index >= 15 is 0 Å². The molecule has 0 saturated heterocycles. The number of hydrogen-bond donors (Lipinski definition) is 0. The number of aromatic nitrogens is 3. The normalized spacial score (nSPS) is 10.6. The first-order valence-corrected chi connectivity index (χ1v) is 5.41. The average Bonchev–Trinajstić information content (AvgIpc) is 3.02. The second-order valence-electron chi connectivity index (χ2n) is 3.48. The summed E-state index contributed by atoms with van der Waals surface area (Å²) in [6.45, 7) is 0. The second-order valence-corrected chi connectivity index (χ2v) is 3.92. The summed E-state index contributed by atoms with van der Waals surface area (Å²) in [5, 5.41) is 4.76. The Kier molecular flexibility index (Phi) is 2.42. The summed E-state index contributed by atoms with van der Waals surface area (Å²) in [7, 11) is 0. The number of furan rings is 1. The molecule has 0 bridgehead atoms. The van der Waals surface area contributed by atoms with Gasteiger partial charge in [-0.25, -0.2) is 9.67 Å². The van der Waals surface area contributed by atoms with Gasteiger partial charge in [-0.05, 0) is 30.3 Å². The van der Waals surface area contributed by atoms with Gasteiger partial charge in [0, 0.05) is 10.6 Å². The van der Waals surface area contributed by atoms with Crippen LogP contribution >= 0.6 is 11.6 Å². The molecule has 5 heteroatoms. The highest BCUT2D eigenvalue weighted by molar-refractivity contribution is 6.31. The van der Waals surface area contributed by atoms with Crippen molar-refractivity contribution in [2.24, 2.45) is 0 Å². The van der Waals surface area contributed by atoms with Gasteiger partial charge >= 0.3 is 0 Å². The molecular weight excluding hydrogens is 238 g/mol. The molecule has 17 heavy (non-hydrogen) atoms. The van der Waals surface area contributed by atoms with Crippen LogP contribution in [0.4, 0.5) is 0 Å². The molecule has 0 spiro atoms. The van der Waals surface area contributed by atoms with Crippen molar-refractivity contribution < 1.29 is 4.42 Å². The summed E-state index contributed by atoms with van der Waals surface area (Å²) in [5.41, 5.74) is 1.76. The van der Waals surface area contributed by atoms with Crippen molar-refractivity contribution in [2.45, 2.75) is 0 Å². The fourth-order valence-electron chi connectivity index (χ4n) is 1.67. The first-order valence-electron chi connectivity index (χ1n) is 5.03. The maximum Gasteiger partial charge on any atom is 0.138 e. The molecule has 0 aliphatic heterocycles. The van der Waals surface area contributed by atoms with Gasteiger partial charge in [-0.3, -0.25) is 0 Å². The van der Waals surface area contributed by atoms with Crippen molar-refractivity contribution in [1.29, 1.82) is 0 Å². The lowest BCUT2D eigenvalue weighted by atomic mass is 10.1. The Bertz CT molecular complexity index is 617. The van der Waals surface area contributed by atoms with Crippen LogP contribution in [0.2, 0.25) is 5.02 Å². The first kappa shape index (κ1) is 10.1. The predicted octanol–water partition coefficient (Wildman–Crippen LogP) is 3.18. The Balaban J connectivity index is 2.22. The van der Waals surface area contributed by atoms with Crippen LogP contribution in [0.25, 0.3) is 17.0 Å². The fourth-order valence-corrected chi connectivity index (χ4v) is 1.84. The summed E-state index contributed by atoms with van der Waals surface area (Å²) >= 11 is 6.01. The van der Waals surface area contributed by atoms with E-state index in [1.165, 1.54) is 6.33 Å². The SMILES string of the molecule is Clc1ccc(-n2cncn2)c(-c2ccco2)c1. The number of benzene rings is 1.